The van der Waals surface area contributed by atoms with Crippen LogP contribution in [0.25, 0.3) is 11.0 Å². The second kappa shape index (κ2) is 4.05. The van der Waals surface area contributed by atoms with E-state index in [9.17, 15) is 9.90 Å². The van der Waals surface area contributed by atoms with E-state index in [2.05, 4.69) is 5.32 Å². The van der Waals surface area contributed by atoms with Gasteiger partial charge in [0.05, 0.1) is 5.56 Å². The molecule has 0 saturated heterocycles. The van der Waals surface area contributed by atoms with E-state index in [4.69, 9.17) is 4.42 Å². The number of amides is 1. The van der Waals surface area contributed by atoms with Crippen molar-refractivity contribution >= 4 is 16.9 Å². The lowest BCUT2D eigenvalue weighted by molar-refractivity contribution is 0.0917. The average Bonchev–Trinajstić information content (AvgIpc) is 2.58. The van der Waals surface area contributed by atoms with Crippen molar-refractivity contribution in [1.29, 1.82) is 0 Å². The summed E-state index contributed by atoms with van der Waals surface area (Å²) in [6.07, 6.45) is 3.30. The number of carbonyl (C=O) groups is 1. The van der Waals surface area contributed by atoms with Crippen LogP contribution in [-0.2, 0) is 0 Å². The highest BCUT2D eigenvalue weighted by Crippen LogP contribution is 2.29. The lowest BCUT2D eigenvalue weighted by atomic mass is 9.93. The zero-order chi connectivity index (χ0) is 12.7. The van der Waals surface area contributed by atoms with Gasteiger partial charge in [-0.2, -0.15) is 0 Å². The molecule has 0 radical (unpaired) electrons. The maximum absolute atomic E-state index is 12.2. The summed E-state index contributed by atoms with van der Waals surface area (Å²) in [6.45, 7) is 1.77. The zero-order valence-electron chi connectivity index (χ0n) is 10.2. The molecular formula is C14H15NO3. The first-order valence-corrected chi connectivity index (χ1v) is 6.18. The summed E-state index contributed by atoms with van der Waals surface area (Å²) in [5, 5.41) is 13.2. The van der Waals surface area contributed by atoms with E-state index >= 15 is 0 Å². The van der Waals surface area contributed by atoms with Crippen molar-refractivity contribution < 1.29 is 14.3 Å². The standard InChI is InChI=1S/C14H15NO3/c1-8-13(14(17)15-9-3-2-4-9)11-6-5-10(16)7-12(11)18-8/h5-7,9,16H,2-4H2,1H3,(H,15,17). The van der Waals surface area contributed by atoms with Crippen LogP contribution < -0.4 is 5.32 Å². The molecule has 1 fully saturated rings. The molecule has 1 heterocycles. The Kier molecular flexibility index (Phi) is 2.51. The van der Waals surface area contributed by atoms with Crippen molar-refractivity contribution in [2.24, 2.45) is 0 Å². The molecule has 3 rings (SSSR count). The highest BCUT2D eigenvalue weighted by Gasteiger charge is 2.24. The normalized spacial score (nSPS) is 15.6. The number of phenols is 1. The Labute approximate surface area is 105 Å². The van der Waals surface area contributed by atoms with Crippen molar-refractivity contribution in [3.63, 3.8) is 0 Å². The van der Waals surface area contributed by atoms with Crippen LogP contribution in [0, 0.1) is 6.92 Å². The minimum Gasteiger partial charge on any atom is -0.508 e. The number of hydrogen-bond donors (Lipinski definition) is 2. The molecular weight excluding hydrogens is 230 g/mol. The third-order valence-electron chi connectivity index (χ3n) is 3.52. The Bertz CT molecular complexity index is 611. The molecule has 94 valence electrons. The molecule has 1 aliphatic rings. The van der Waals surface area contributed by atoms with Gasteiger partial charge in [0.2, 0.25) is 0 Å². The molecule has 4 nitrogen and oxygen atoms in total. The zero-order valence-corrected chi connectivity index (χ0v) is 10.2. The molecule has 2 aromatic rings. The van der Waals surface area contributed by atoms with Crippen LogP contribution in [0.15, 0.2) is 22.6 Å². The van der Waals surface area contributed by atoms with Gasteiger partial charge in [0.15, 0.2) is 0 Å². The van der Waals surface area contributed by atoms with Crippen LogP contribution in [0.3, 0.4) is 0 Å². The van der Waals surface area contributed by atoms with Gasteiger partial charge in [0, 0.05) is 17.5 Å². The number of hydrogen-bond acceptors (Lipinski definition) is 3. The predicted octanol–water partition coefficient (Wildman–Crippen LogP) is 2.73. The van der Waals surface area contributed by atoms with Crippen LogP contribution in [0.1, 0.15) is 35.4 Å². The highest BCUT2D eigenvalue weighted by molar-refractivity contribution is 6.07. The van der Waals surface area contributed by atoms with Crippen molar-refractivity contribution in [2.75, 3.05) is 0 Å². The molecule has 0 spiro atoms. The van der Waals surface area contributed by atoms with Crippen molar-refractivity contribution in [3.8, 4) is 5.75 Å². The van der Waals surface area contributed by atoms with Gasteiger partial charge in [-0.15, -0.1) is 0 Å². The molecule has 1 aromatic carbocycles. The maximum Gasteiger partial charge on any atom is 0.255 e. The van der Waals surface area contributed by atoms with E-state index < -0.39 is 0 Å². The van der Waals surface area contributed by atoms with Gasteiger partial charge in [-0.3, -0.25) is 4.79 Å². The van der Waals surface area contributed by atoms with Crippen molar-refractivity contribution in [2.45, 2.75) is 32.2 Å². The number of rotatable bonds is 2. The second-order valence-electron chi connectivity index (χ2n) is 4.81. The molecule has 0 unspecified atom stereocenters. The van der Waals surface area contributed by atoms with Crippen LogP contribution in [0.4, 0.5) is 0 Å². The van der Waals surface area contributed by atoms with E-state index in [1.54, 1.807) is 19.1 Å². The lowest BCUT2D eigenvalue weighted by Gasteiger charge is -2.26. The molecule has 1 saturated carbocycles. The summed E-state index contributed by atoms with van der Waals surface area (Å²) in [5.74, 6) is 0.649. The van der Waals surface area contributed by atoms with Crippen LogP contribution in [0.2, 0.25) is 0 Å². The summed E-state index contributed by atoms with van der Waals surface area (Å²) in [4.78, 5) is 12.2. The fraction of sp³-hybridized carbons (Fsp3) is 0.357. The van der Waals surface area contributed by atoms with Crippen LogP contribution >= 0.6 is 0 Å². The van der Waals surface area contributed by atoms with E-state index in [-0.39, 0.29) is 11.7 Å². The number of furan rings is 1. The molecule has 0 atom stereocenters. The van der Waals surface area contributed by atoms with Gasteiger partial charge < -0.3 is 14.8 Å². The molecule has 0 aliphatic heterocycles. The van der Waals surface area contributed by atoms with E-state index in [0.29, 0.717) is 22.9 Å². The number of aromatic hydroxyl groups is 1. The highest BCUT2D eigenvalue weighted by atomic mass is 16.3. The van der Waals surface area contributed by atoms with Gasteiger partial charge >= 0.3 is 0 Å². The monoisotopic (exact) mass is 245 g/mol. The van der Waals surface area contributed by atoms with E-state index in [1.807, 2.05) is 0 Å². The SMILES string of the molecule is Cc1oc2cc(O)ccc2c1C(=O)NC1CCC1. The number of fused-ring (bicyclic) bond motifs is 1. The first-order valence-electron chi connectivity index (χ1n) is 6.18. The fourth-order valence-electron chi connectivity index (χ4n) is 2.30. The number of nitrogens with one attached hydrogen (secondary N) is 1. The summed E-state index contributed by atoms with van der Waals surface area (Å²) < 4.78 is 5.51. The topological polar surface area (TPSA) is 62.5 Å². The van der Waals surface area contributed by atoms with Crippen molar-refractivity contribution in [1.82, 2.24) is 5.32 Å². The van der Waals surface area contributed by atoms with E-state index in [1.165, 1.54) is 12.5 Å². The quantitative estimate of drug-likeness (QED) is 0.855. The molecule has 1 aromatic heterocycles. The van der Waals surface area contributed by atoms with Gasteiger partial charge in [0.25, 0.3) is 5.91 Å². The Morgan fingerprint density at radius 2 is 2.22 bits per heavy atom. The largest absolute Gasteiger partial charge is 0.508 e. The fourth-order valence-corrected chi connectivity index (χ4v) is 2.30. The first kappa shape index (κ1) is 11.1. The number of phenolic OH excluding ortho intramolecular Hbond substituents is 1. The first-order chi connectivity index (χ1) is 8.65. The summed E-state index contributed by atoms with van der Waals surface area (Å²) >= 11 is 0. The van der Waals surface area contributed by atoms with Crippen LogP contribution in [0.5, 0.6) is 5.75 Å². The Hall–Kier alpha value is -1.97. The molecule has 1 aliphatic carbocycles. The third kappa shape index (κ3) is 1.74. The molecule has 18 heavy (non-hydrogen) atoms. The number of benzene rings is 1. The van der Waals surface area contributed by atoms with Crippen molar-refractivity contribution in [3.05, 3.63) is 29.5 Å². The Morgan fingerprint density at radius 3 is 2.89 bits per heavy atom. The minimum absolute atomic E-state index is 0.0818. The summed E-state index contributed by atoms with van der Waals surface area (Å²) in [7, 11) is 0. The number of aryl methyl sites for hydroxylation is 1. The maximum atomic E-state index is 12.2. The second-order valence-corrected chi connectivity index (χ2v) is 4.81. The molecule has 1 amide bonds. The van der Waals surface area contributed by atoms with E-state index in [0.717, 1.165) is 18.2 Å². The Balaban J connectivity index is 1.99. The molecule has 4 heteroatoms. The minimum atomic E-state index is -0.0818. The van der Waals surface area contributed by atoms with Gasteiger partial charge in [0.1, 0.15) is 17.1 Å². The summed E-state index contributed by atoms with van der Waals surface area (Å²) in [6, 6.07) is 5.12. The number of carbonyl (C=O) groups excluding carboxylic acids is 1. The molecule has 2 N–H and O–H groups in total. The predicted molar refractivity (Wildman–Crippen MR) is 67.7 cm³/mol. The average molecular weight is 245 g/mol. The third-order valence-corrected chi connectivity index (χ3v) is 3.52. The van der Waals surface area contributed by atoms with Gasteiger partial charge in [-0.25, -0.2) is 0 Å². The summed E-state index contributed by atoms with van der Waals surface area (Å²) in [5.41, 5.74) is 1.13. The lowest BCUT2D eigenvalue weighted by Crippen LogP contribution is -2.39. The Morgan fingerprint density at radius 1 is 1.44 bits per heavy atom. The van der Waals surface area contributed by atoms with Gasteiger partial charge in [-0.05, 0) is 38.3 Å². The molecule has 0 bridgehead atoms. The smallest absolute Gasteiger partial charge is 0.255 e. The van der Waals surface area contributed by atoms with Gasteiger partial charge in [-0.1, -0.05) is 0 Å². The van der Waals surface area contributed by atoms with Crippen LogP contribution in [-0.4, -0.2) is 17.1 Å².